The average molecular weight is 639 g/mol. The predicted octanol–water partition coefficient (Wildman–Crippen LogP) is 11.4. The van der Waals surface area contributed by atoms with Crippen LogP contribution in [-0.2, 0) is 0 Å². The molecule has 0 atom stereocenters. The van der Waals surface area contributed by atoms with E-state index in [1.807, 2.05) is 84.9 Å². The highest BCUT2D eigenvalue weighted by molar-refractivity contribution is 7.27. The lowest BCUT2D eigenvalue weighted by Gasteiger charge is -2.10. The highest BCUT2D eigenvalue weighted by atomic mass is 32.1. The summed E-state index contributed by atoms with van der Waals surface area (Å²) in [6.07, 6.45) is 0. The number of rotatable bonds is 4. The van der Waals surface area contributed by atoms with Crippen LogP contribution in [0.2, 0.25) is 0 Å². The van der Waals surface area contributed by atoms with Crippen molar-refractivity contribution >= 4 is 75.0 Å². The van der Waals surface area contributed by atoms with E-state index in [0.717, 1.165) is 64.8 Å². The highest BCUT2D eigenvalue weighted by Gasteiger charge is 2.23. The number of hydrogen-bond donors (Lipinski definition) is 0. The summed E-state index contributed by atoms with van der Waals surface area (Å²) in [6.45, 7) is 0. The zero-order valence-electron chi connectivity index (χ0n) is 24.7. The van der Waals surface area contributed by atoms with Gasteiger partial charge in [0.05, 0.1) is 15.8 Å². The molecule has 0 amide bonds. The number of thiophene rings is 1. The first-order chi connectivity index (χ1) is 23.3. The molecule has 4 heterocycles. The van der Waals surface area contributed by atoms with Crippen LogP contribution in [0.15, 0.2) is 138 Å². The van der Waals surface area contributed by atoms with Gasteiger partial charge in [-0.2, -0.15) is 0 Å². The molecule has 4 aromatic heterocycles. The molecule has 5 nitrogen and oxygen atoms in total. The van der Waals surface area contributed by atoms with E-state index in [9.17, 15) is 0 Å². The minimum absolute atomic E-state index is 0.616. The molecule has 0 bridgehead atoms. The second-order valence-electron chi connectivity index (χ2n) is 11.4. The van der Waals surface area contributed by atoms with Gasteiger partial charge in [-0.05, 0) is 36.4 Å². The van der Waals surface area contributed by atoms with Crippen LogP contribution in [0.1, 0.15) is 0 Å². The van der Waals surface area contributed by atoms with Gasteiger partial charge in [-0.15, -0.1) is 22.7 Å². The Hall–Kier alpha value is -5.76. The average Bonchev–Trinajstić information content (AvgIpc) is 3.84. The van der Waals surface area contributed by atoms with Gasteiger partial charge < -0.3 is 4.42 Å². The summed E-state index contributed by atoms with van der Waals surface area (Å²) in [6, 6.07) is 45.6. The summed E-state index contributed by atoms with van der Waals surface area (Å²) in [5.41, 5.74) is 6.51. The Morgan fingerprint density at radius 3 is 1.83 bits per heavy atom. The monoisotopic (exact) mass is 638 g/mol. The third-order valence-corrected chi connectivity index (χ3v) is 10.7. The number of benzene rings is 6. The predicted molar refractivity (Wildman–Crippen MR) is 195 cm³/mol. The topological polar surface area (TPSA) is 64.7 Å². The quantitative estimate of drug-likeness (QED) is 0.192. The second kappa shape index (κ2) is 10.4. The van der Waals surface area contributed by atoms with E-state index in [4.69, 9.17) is 24.4 Å². The van der Waals surface area contributed by atoms with Gasteiger partial charge in [0.25, 0.3) is 0 Å². The van der Waals surface area contributed by atoms with Gasteiger partial charge in [0.2, 0.25) is 0 Å². The summed E-state index contributed by atoms with van der Waals surface area (Å²) in [5, 5.41) is 5.42. The fraction of sp³-hybridized carbons (Fsp3) is 0. The lowest BCUT2D eigenvalue weighted by molar-refractivity contribution is 0.669. The molecule has 220 valence electrons. The normalized spacial score (nSPS) is 11.8. The minimum atomic E-state index is 0.616. The molecular formula is C40H22N4OS2. The molecule has 7 heteroatoms. The largest absolute Gasteiger partial charge is 0.456 e. The zero-order chi connectivity index (χ0) is 30.9. The number of fused-ring (bicyclic) bond motifs is 7. The maximum Gasteiger partial charge on any atom is 0.167 e. The first-order valence-corrected chi connectivity index (χ1v) is 16.9. The number of para-hydroxylation sites is 1. The Morgan fingerprint density at radius 1 is 0.426 bits per heavy atom. The molecule has 10 aromatic rings. The van der Waals surface area contributed by atoms with Gasteiger partial charge in [0.1, 0.15) is 16.2 Å². The summed E-state index contributed by atoms with van der Waals surface area (Å²) in [5.74, 6) is 1.88. The lowest BCUT2D eigenvalue weighted by atomic mass is 10.0. The van der Waals surface area contributed by atoms with Crippen molar-refractivity contribution in [2.24, 2.45) is 0 Å². The number of furan rings is 1. The third-order valence-electron chi connectivity index (χ3n) is 8.57. The standard InChI is InChI=1S/C40H22N4OS2/c1-3-11-23(12-4-1)37-42-38(24-13-5-2-6-14-24)44-39(43-37)35-34-27-16-8-10-18-31(27)46-32(34)22-33-36(35)41-40(47-33)25-19-20-30-28(21-25)26-15-7-9-17-29(26)45-30/h1-22H. The Morgan fingerprint density at radius 2 is 1.06 bits per heavy atom. The van der Waals surface area contributed by atoms with Crippen LogP contribution in [-0.4, -0.2) is 19.9 Å². The van der Waals surface area contributed by atoms with Crippen LogP contribution in [0.25, 0.3) is 97.1 Å². The van der Waals surface area contributed by atoms with Crippen LogP contribution in [0.5, 0.6) is 0 Å². The molecule has 0 spiro atoms. The number of thiazole rings is 1. The summed E-state index contributed by atoms with van der Waals surface area (Å²) in [7, 11) is 0. The van der Waals surface area contributed by atoms with E-state index < -0.39 is 0 Å². The molecule has 47 heavy (non-hydrogen) atoms. The maximum absolute atomic E-state index is 6.12. The van der Waals surface area contributed by atoms with Crippen molar-refractivity contribution in [2.45, 2.75) is 0 Å². The Balaban J connectivity index is 1.27. The Labute approximate surface area is 276 Å². The van der Waals surface area contributed by atoms with Crippen LogP contribution < -0.4 is 0 Å². The van der Waals surface area contributed by atoms with Crippen molar-refractivity contribution in [1.29, 1.82) is 0 Å². The van der Waals surface area contributed by atoms with Crippen molar-refractivity contribution < 1.29 is 4.42 Å². The smallest absolute Gasteiger partial charge is 0.167 e. The third kappa shape index (κ3) is 4.28. The molecule has 0 aliphatic rings. The molecule has 0 aliphatic heterocycles. The number of hydrogen-bond acceptors (Lipinski definition) is 7. The maximum atomic E-state index is 6.12. The molecule has 0 saturated heterocycles. The first-order valence-electron chi connectivity index (χ1n) is 15.3. The summed E-state index contributed by atoms with van der Waals surface area (Å²) in [4.78, 5) is 20.7. The second-order valence-corrected chi connectivity index (χ2v) is 13.6. The SMILES string of the molecule is c1ccc(-c2nc(-c3ccccc3)nc(-c3c4nc(-c5ccc6oc7ccccc7c6c5)sc4cc4sc5ccccc5c34)n2)cc1. The molecule has 0 unspecified atom stereocenters. The first kappa shape index (κ1) is 26.5. The van der Waals surface area contributed by atoms with Crippen LogP contribution in [0, 0.1) is 0 Å². The van der Waals surface area contributed by atoms with Gasteiger partial charge in [0.15, 0.2) is 17.5 Å². The van der Waals surface area contributed by atoms with E-state index in [1.165, 1.54) is 14.8 Å². The molecule has 0 saturated carbocycles. The van der Waals surface area contributed by atoms with Crippen LogP contribution >= 0.6 is 22.7 Å². The summed E-state index contributed by atoms with van der Waals surface area (Å²) < 4.78 is 9.62. The van der Waals surface area contributed by atoms with Gasteiger partial charge in [-0.3, -0.25) is 0 Å². The molecule has 0 radical (unpaired) electrons. The zero-order valence-corrected chi connectivity index (χ0v) is 26.3. The van der Waals surface area contributed by atoms with Crippen LogP contribution in [0.4, 0.5) is 0 Å². The molecule has 6 aromatic carbocycles. The molecular weight excluding hydrogens is 617 g/mol. The van der Waals surface area contributed by atoms with Crippen molar-refractivity contribution in [3.63, 3.8) is 0 Å². The van der Waals surface area contributed by atoms with Gasteiger partial charge >= 0.3 is 0 Å². The lowest BCUT2D eigenvalue weighted by Crippen LogP contribution is -2.01. The molecule has 10 rings (SSSR count). The Kier molecular flexibility index (Phi) is 5.85. The summed E-state index contributed by atoms with van der Waals surface area (Å²) >= 11 is 3.49. The van der Waals surface area contributed by atoms with Gasteiger partial charge in [0, 0.05) is 47.6 Å². The van der Waals surface area contributed by atoms with E-state index in [2.05, 4.69) is 48.5 Å². The van der Waals surface area contributed by atoms with E-state index in [0.29, 0.717) is 17.5 Å². The van der Waals surface area contributed by atoms with Gasteiger partial charge in [-0.1, -0.05) is 97.1 Å². The highest BCUT2D eigenvalue weighted by Crippen LogP contribution is 2.46. The number of nitrogens with zero attached hydrogens (tertiary/aromatic N) is 4. The van der Waals surface area contributed by atoms with E-state index in [1.54, 1.807) is 22.7 Å². The van der Waals surface area contributed by atoms with E-state index >= 15 is 0 Å². The van der Waals surface area contributed by atoms with Gasteiger partial charge in [-0.25, -0.2) is 19.9 Å². The molecule has 0 N–H and O–H groups in total. The fourth-order valence-electron chi connectivity index (χ4n) is 6.39. The minimum Gasteiger partial charge on any atom is -0.456 e. The Bertz CT molecular complexity index is 2740. The van der Waals surface area contributed by atoms with E-state index in [-0.39, 0.29) is 0 Å². The van der Waals surface area contributed by atoms with Crippen molar-refractivity contribution in [3.05, 3.63) is 133 Å². The van der Waals surface area contributed by atoms with Crippen LogP contribution in [0.3, 0.4) is 0 Å². The van der Waals surface area contributed by atoms with Crippen molar-refractivity contribution in [1.82, 2.24) is 19.9 Å². The van der Waals surface area contributed by atoms with Crippen molar-refractivity contribution in [3.8, 4) is 44.7 Å². The molecule has 0 fully saturated rings. The number of aromatic nitrogens is 4. The fourth-order valence-corrected chi connectivity index (χ4v) is 8.63. The van der Waals surface area contributed by atoms with Crippen molar-refractivity contribution in [2.75, 3.05) is 0 Å². The molecule has 0 aliphatic carbocycles.